The van der Waals surface area contributed by atoms with Crippen LogP contribution < -0.4 is 5.32 Å². The predicted octanol–water partition coefficient (Wildman–Crippen LogP) is 1.97. The first-order chi connectivity index (χ1) is 11.1. The highest BCUT2D eigenvalue weighted by Gasteiger charge is 2.10. The number of hydrogen-bond acceptors (Lipinski definition) is 4. The lowest BCUT2D eigenvalue weighted by Crippen LogP contribution is -2.23. The number of rotatable bonds is 5. The summed E-state index contributed by atoms with van der Waals surface area (Å²) >= 11 is 0. The number of aromatic nitrogens is 5. The SMILES string of the molecule is CC(C)n1cnc(C(=O)NCc2ccc(-n3cncn3)cc2)c1. The van der Waals surface area contributed by atoms with E-state index in [1.807, 2.05) is 42.7 Å². The first kappa shape index (κ1) is 15.0. The fraction of sp³-hybridized carbons (Fsp3) is 0.250. The van der Waals surface area contributed by atoms with Crippen molar-refractivity contribution in [2.75, 3.05) is 0 Å². The highest BCUT2D eigenvalue weighted by molar-refractivity contribution is 5.91. The summed E-state index contributed by atoms with van der Waals surface area (Å²) in [5.41, 5.74) is 2.36. The largest absolute Gasteiger partial charge is 0.347 e. The molecular formula is C16H18N6O. The minimum Gasteiger partial charge on any atom is -0.347 e. The van der Waals surface area contributed by atoms with E-state index in [-0.39, 0.29) is 11.9 Å². The Morgan fingerprint density at radius 1 is 1.22 bits per heavy atom. The number of benzene rings is 1. The Morgan fingerprint density at radius 2 is 2.00 bits per heavy atom. The first-order valence-corrected chi connectivity index (χ1v) is 7.39. The monoisotopic (exact) mass is 310 g/mol. The molecule has 0 spiro atoms. The van der Waals surface area contributed by atoms with Gasteiger partial charge in [0.05, 0.1) is 12.0 Å². The lowest BCUT2D eigenvalue weighted by molar-refractivity contribution is 0.0946. The summed E-state index contributed by atoms with van der Waals surface area (Å²) in [4.78, 5) is 20.1. The van der Waals surface area contributed by atoms with E-state index in [0.717, 1.165) is 11.3 Å². The van der Waals surface area contributed by atoms with Crippen molar-refractivity contribution in [3.63, 3.8) is 0 Å². The van der Waals surface area contributed by atoms with Crippen molar-refractivity contribution in [2.24, 2.45) is 0 Å². The highest BCUT2D eigenvalue weighted by Crippen LogP contribution is 2.09. The van der Waals surface area contributed by atoms with Crippen molar-refractivity contribution in [1.29, 1.82) is 0 Å². The van der Waals surface area contributed by atoms with Crippen molar-refractivity contribution in [2.45, 2.75) is 26.4 Å². The predicted molar refractivity (Wildman–Crippen MR) is 85.1 cm³/mol. The summed E-state index contributed by atoms with van der Waals surface area (Å²) in [6, 6.07) is 8.05. The van der Waals surface area contributed by atoms with Gasteiger partial charge in [0.2, 0.25) is 0 Å². The van der Waals surface area contributed by atoms with Crippen LogP contribution in [0.3, 0.4) is 0 Å². The Labute approximate surface area is 134 Å². The number of imidazole rings is 1. The van der Waals surface area contributed by atoms with E-state index in [1.54, 1.807) is 23.5 Å². The maximum atomic E-state index is 12.1. The number of amides is 1. The summed E-state index contributed by atoms with van der Waals surface area (Å²) in [5.74, 6) is -0.176. The van der Waals surface area contributed by atoms with Crippen LogP contribution in [-0.2, 0) is 6.54 Å². The Morgan fingerprint density at radius 3 is 2.61 bits per heavy atom. The average molecular weight is 310 g/mol. The zero-order chi connectivity index (χ0) is 16.2. The lowest BCUT2D eigenvalue weighted by Gasteiger charge is -2.06. The molecule has 0 aliphatic carbocycles. The smallest absolute Gasteiger partial charge is 0.271 e. The van der Waals surface area contributed by atoms with Gasteiger partial charge in [0.1, 0.15) is 18.3 Å². The molecule has 2 heterocycles. The molecule has 0 radical (unpaired) electrons. The highest BCUT2D eigenvalue weighted by atomic mass is 16.1. The number of nitrogens with zero attached hydrogens (tertiary/aromatic N) is 5. The maximum absolute atomic E-state index is 12.1. The van der Waals surface area contributed by atoms with Gasteiger partial charge < -0.3 is 9.88 Å². The van der Waals surface area contributed by atoms with E-state index in [1.165, 1.54) is 6.33 Å². The van der Waals surface area contributed by atoms with Gasteiger partial charge in [0.15, 0.2) is 0 Å². The van der Waals surface area contributed by atoms with Gasteiger partial charge in [-0.3, -0.25) is 4.79 Å². The summed E-state index contributed by atoms with van der Waals surface area (Å²) in [6.07, 6.45) is 6.56. The molecule has 3 rings (SSSR count). The lowest BCUT2D eigenvalue weighted by atomic mass is 10.2. The molecule has 0 saturated carbocycles. The van der Waals surface area contributed by atoms with Gasteiger partial charge in [-0.15, -0.1) is 0 Å². The van der Waals surface area contributed by atoms with Gasteiger partial charge >= 0.3 is 0 Å². The molecule has 0 aliphatic rings. The van der Waals surface area contributed by atoms with Crippen LogP contribution >= 0.6 is 0 Å². The minimum atomic E-state index is -0.176. The molecule has 0 saturated heterocycles. The van der Waals surface area contributed by atoms with E-state index in [2.05, 4.69) is 20.4 Å². The van der Waals surface area contributed by atoms with Crippen LogP contribution in [0.2, 0.25) is 0 Å². The third-order valence-electron chi connectivity index (χ3n) is 3.50. The molecule has 7 heteroatoms. The van der Waals surface area contributed by atoms with E-state index in [9.17, 15) is 4.79 Å². The van der Waals surface area contributed by atoms with Crippen LogP contribution in [0.5, 0.6) is 0 Å². The van der Waals surface area contributed by atoms with Crippen LogP contribution in [0.4, 0.5) is 0 Å². The summed E-state index contributed by atoms with van der Waals surface area (Å²) in [6.45, 7) is 4.53. The van der Waals surface area contributed by atoms with E-state index in [4.69, 9.17) is 0 Å². The van der Waals surface area contributed by atoms with Crippen LogP contribution in [0.15, 0.2) is 49.4 Å². The van der Waals surface area contributed by atoms with Crippen molar-refractivity contribution in [1.82, 2.24) is 29.6 Å². The molecule has 1 amide bonds. The topological polar surface area (TPSA) is 77.6 Å². The quantitative estimate of drug-likeness (QED) is 0.781. The van der Waals surface area contributed by atoms with Crippen LogP contribution in [-0.4, -0.2) is 30.2 Å². The molecule has 3 aromatic rings. The Kier molecular flexibility index (Phi) is 4.18. The van der Waals surface area contributed by atoms with Gasteiger partial charge in [0.25, 0.3) is 5.91 Å². The fourth-order valence-electron chi connectivity index (χ4n) is 2.12. The second-order valence-electron chi connectivity index (χ2n) is 5.49. The van der Waals surface area contributed by atoms with E-state index in [0.29, 0.717) is 12.2 Å². The molecule has 0 aliphatic heterocycles. The van der Waals surface area contributed by atoms with Gasteiger partial charge in [-0.05, 0) is 31.5 Å². The molecule has 0 bridgehead atoms. The number of carbonyl (C=O) groups is 1. The minimum absolute atomic E-state index is 0.176. The molecule has 1 N–H and O–H groups in total. The maximum Gasteiger partial charge on any atom is 0.271 e. The summed E-state index contributed by atoms with van der Waals surface area (Å²) < 4.78 is 3.59. The Balaban J connectivity index is 1.60. The Hall–Kier alpha value is -2.96. The Bertz CT molecular complexity index is 773. The summed E-state index contributed by atoms with van der Waals surface area (Å²) in [5, 5.41) is 6.94. The van der Waals surface area contributed by atoms with Crippen LogP contribution in [0, 0.1) is 0 Å². The van der Waals surface area contributed by atoms with Gasteiger partial charge in [-0.2, -0.15) is 5.10 Å². The molecule has 7 nitrogen and oxygen atoms in total. The molecule has 0 unspecified atom stereocenters. The van der Waals surface area contributed by atoms with Crippen molar-refractivity contribution < 1.29 is 4.79 Å². The van der Waals surface area contributed by atoms with Crippen LogP contribution in [0.25, 0.3) is 5.69 Å². The molecule has 1 aromatic carbocycles. The standard InChI is InChI=1S/C16H18N6O/c1-12(2)21-8-15(19-11-21)16(23)18-7-13-3-5-14(6-4-13)22-10-17-9-20-22/h3-6,8-12H,7H2,1-2H3,(H,18,23). The zero-order valence-corrected chi connectivity index (χ0v) is 13.0. The molecule has 23 heavy (non-hydrogen) atoms. The molecule has 0 atom stereocenters. The van der Waals surface area contributed by atoms with Crippen molar-refractivity contribution >= 4 is 5.91 Å². The molecule has 0 fully saturated rings. The van der Waals surface area contributed by atoms with E-state index < -0.39 is 0 Å². The molecule has 118 valence electrons. The summed E-state index contributed by atoms with van der Waals surface area (Å²) in [7, 11) is 0. The second kappa shape index (κ2) is 6.43. The van der Waals surface area contributed by atoms with Crippen LogP contribution in [0.1, 0.15) is 35.9 Å². The molecule has 2 aromatic heterocycles. The number of carbonyl (C=O) groups excluding carboxylic acids is 1. The van der Waals surface area contributed by atoms with Crippen molar-refractivity contribution in [3.8, 4) is 5.69 Å². The third kappa shape index (κ3) is 3.45. The number of nitrogens with one attached hydrogen (secondary N) is 1. The van der Waals surface area contributed by atoms with Gasteiger partial charge in [-0.1, -0.05) is 12.1 Å². The third-order valence-corrected chi connectivity index (χ3v) is 3.50. The van der Waals surface area contributed by atoms with Crippen molar-refractivity contribution in [3.05, 3.63) is 60.7 Å². The fourth-order valence-corrected chi connectivity index (χ4v) is 2.12. The number of hydrogen-bond donors (Lipinski definition) is 1. The normalized spacial score (nSPS) is 10.9. The first-order valence-electron chi connectivity index (χ1n) is 7.39. The molecular weight excluding hydrogens is 292 g/mol. The van der Waals surface area contributed by atoms with Gasteiger partial charge in [-0.25, -0.2) is 14.6 Å². The van der Waals surface area contributed by atoms with Gasteiger partial charge in [0, 0.05) is 18.8 Å². The average Bonchev–Trinajstić information content (AvgIpc) is 3.24. The van der Waals surface area contributed by atoms with E-state index >= 15 is 0 Å². The zero-order valence-electron chi connectivity index (χ0n) is 13.0. The second-order valence-corrected chi connectivity index (χ2v) is 5.49.